The fraction of sp³-hybridized carbons (Fsp3) is 0. The lowest BCUT2D eigenvalue weighted by Gasteiger charge is -2.05. The average Bonchev–Trinajstić information content (AvgIpc) is 2.32. The molecule has 1 aromatic heterocycles. The van der Waals surface area contributed by atoms with Crippen LogP contribution in [0.4, 0.5) is 0 Å². The van der Waals surface area contributed by atoms with E-state index in [1.165, 1.54) is 0 Å². The van der Waals surface area contributed by atoms with Crippen molar-refractivity contribution in [1.82, 2.24) is 10.2 Å². The molecular formula is C11H6Cl2N2O. The topological polar surface area (TPSA) is 42.9 Å². The van der Waals surface area contributed by atoms with Gasteiger partial charge in [-0.25, -0.2) is 0 Å². The van der Waals surface area contributed by atoms with Crippen LogP contribution in [0.15, 0.2) is 30.3 Å². The van der Waals surface area contributed by atoms with Gasteiger partial charge in [-0.05, 0) is 11.6 Å². The third-order valence-electron chi connectivity index (χ3n) is 2.10. The van der Waals surface area contributed by atoms with Crippen molar-refractivity contribution in [3.05, 3.63) is 46.2 Å². The number of benzene rings is 1. The quantitative estimate of drug-likeness (QED) is 0.771. The molecule has 0 saturated heterocycles. The van der Waals surface area contributed by atoms with Crippen LogP contribution in [-0.2, 0) is 0 Å². The lowest BCUT2D eigenvalue weighted by atomic mass is 10.0. The van der Waals surface area contributed by atoms with Gasteiger partial charge >= 0.3 is 0 Å². The fourth-order valence-corrected chi connectivity index (χ4v) is 1.73. The number of hydrogen-bond acceptors (Lipinski definition) is 3. The Bertz CT molecular complexity index is 543. The number of rotatable bonds is 2. The van der Waals surface area contributed by atoms with Crippen LogP contribution in [-0.4, -0.2) is 16.5 Å². The molecule has 0 radical (unpaired) electrons. The maximum Gasteiger partial charge on any atom is 0.159 e. The van der Waals surface area contributed by atoms with Crippen LogP contribution in [0.25, 0.3) is 11.1 Å². The van der Waals surface area contributed by atoms with E-state index in [1.807, 2.05) is 6.07 Å². The van der Waals surface area contributed by atoms with E-state index in [0.29, 0.717) is 16.7 Å². The van der Waals surface area contributed by atoms with Crippen LogP contribution in [0.1, 0.15) is 10.4 Å². The van der Waals surface area contributed by atoms with Crippen LogP contribution in [0, 0.1) is 0 Å². The molecule has 0 saturated carbocycles. The molecule has 0 fully saturated rings. The van der Waals surface area contributed by atoms with E-state index in [9.17, 15) is 4.79 Å². The average molecular weight is 253 g/mol. The summed E-state index contributed by atoms with van der Waals surface area (Å²) >= 11 is 11.7. The fourth-order valence-electron chi connectivity index (χ4n) is 1.39. The summed E-state index contributed by atoms with van der Waals surface area (Å²) < 4.78 is 0. The van der Waals surface area contributed by atoms with E-state index in [0.717, 1.165) is 6.29 Å². The molecule has 3 nitrogen and oxygen atoms in total. The Hall–Kier alpha value is -1.45. The first-order chi connectivity index (χ1) is 7.72. The Morgan fingerprint density at radius 1 is 1.06 bits per heavy atom. The normalized spacial score (nSPS) is 10.1. The van der Waals surface area contributed by atoms with Gasteiger partial charge in [-0.2, -0.15) is 0 Å². The maximum absolute atomic E-state index is 10.9. The molecule has 0 aliphatic carbocycles. The monoisotopic (exact) mass is 252 g/mol. The van der Waals surface area contributed by atoms with E-state index >= 15 is 0 Å². The van der Waals surface area contributed by atoms with Crippen LogP contribution in [0.5, 0.6) is 0 Å². The second kappa shape index (κ2) is 4.60. The maximum atomic E-state index is 10.9. The molecule has 2 rings (SSSR count). The molecule has 16 heavy (non-hydrogen) atoms. The highest BCUT2D eigenvalue weighted by atomic mass is 35.5. The molecule has 0 bridgehead atoms. The van der Waals surface area contributed by atoms with Crippen LogP contribution in [0.3, 0.4) is 0 Å². The zero-order chi connectivity index (χ0) is 11.5. The molecule has 0 aliphatic rings. The molecular weight excluding hydrogens is 247 g/mol. The minimum Gasteiger partial charge on any atom is -0.298 e. The van der Waals surface area contributed by atoms with Gasteiger partial charge in [0.2, 0.25) is 0 Å². The third-order valence-corrected chi connectivity index (χ3v) is 2.56. The Morgan fingerprint density at radius 3 is 2.56 bits per heavy atom. The van der Waals surface area contributed by atoms with Crippen molar-refractivity contribution in [2.45, 2.75) is 0 Å². The Balaban J connectivity index is 2.66. The zero-order valence-corrected chi connectivity index (χ0v) is 9.53. The Kier molecular flexibility index (Phi) is 3.17. The predicted molar refractivity (Wildman–Crippen MR) is 62.9 cm³/mol. The van der Waals surface area contributed by atoms with Crippen molar-refractivity contribution < 1.29 is 4.79 Å². The number of nitrogens with zero attached hydrogens (tertiary/aromatic N) is 2. The van der Waals surface area contributed by atoms with Gasteiger partial charge in [0.1, 0.15) is 0 Å². The Labute approximate surface area is 102 Å². The zero-order valence-electron chi connectivity index (χ0n) is 8.02. The molecule has 1 heterocycles. The molecule has 0 unspecified atom stereocenters. The van der Waals surface area contributed by atoms with E-state index in [-0.39, 0.29) is 10.3 Å². The first-order valence-corrected chi connectivity index (χ1v) is 5.21. The molecule has 0 spiro atoms. The largest absolute Gasteiger partial charge is 0.298 e. The summed E-state index contributed by atoms with van der Waals surface area (Å²) in [5, 5.41) is 7.77. The number of halogens is 2. The second-order valence-electron chi connectivity index (χ2n) is 3.08. The molecule has 2 aromatic rings. The van der Waals surface area contributed by atoms with Gasteiger partial charge in [-0.1, -0.05) is 47.5 Å². The van der Waals surface area contributed by atoms with E-state index < -0.39 is 0 Å². The minimum absolute atomic E-state index is 0.221. The van der Waals surface area contributed by atoms with E-state index in [4.69, 9.17) is 23.2 Å². The van der Waals surface area contributed by atoms with Gasteiger partial charge in [0.05, 0.1) is 0 Å². The third kappa shape index (κ3) is 2.05. The number of aldehydes is 1. The molecule has 80 valence electrons. The molecule has 0 N–H and O–H groups in total. The highest BCUT2D eigenvalue weighted by Gasteiger charge is 2.10. The number of carbonyl (C=O) groups is 1. The standard InChI is InChI=1S/C11H6Cl2N2O/c12-10-5-9(11(13)15-14-10)8-4-2-1-3-7(8)6-16/h1-6H. The number of aromatic nitrogens is 2. The lowest BCUT2D eigenvalue weighted by molar-refractivity contribution is 0.112. The van der Waals surface area contributed by atoms with Crippen LogP contribution >= 0.6 is 23.2 Å². The Morgan fingerprint density at radius 2 is 1.81 bits per heavy atom. The molecule has 5 heteroatoms. The molecule has 0 aliphatic heterocycles. The van der Waals surface area contributed by atoms with E-state index in [2.05, 4.69) is 10.2 Å². The number of hydrogen-bond donors (Lipinski definition) is 0. The molecule has 0 amide bonds. The lowest BCUT2D eigenvalue weighted by Crippen LogP contribution is -1.91. The highest BCUT2D eigenvalue weighted by molar-refractivity contribution is 6.33. The van der Waals surface area contributed by atoms with Crippen molar-refractivity contribution in [1.29, 1.82) is 0 Å². The van der Waals surface area contributed by atoms with Crippen molar-refractivity contribution in [3.63, 3.8) is 0 Å². The van der Waals surface area contributed by atoms with Crippen molar-refractivity contribution in [2.75, 3.05) is 0 Å². The minimum atomic E-state index is 0.221. The summed E-state index contributed by atoms with van der Waals surface area (Å²) in [6, 6.07) is 8.65. The summed E-state index contributed by atoms with van der Waals surface area (Å²) in [5.74, 6) is 0. The summed E-state index contributed by atoms with van der Waals surface area (Å²) in [6.07, 6.45) is 0.764. The predicted octanol–water partition coefficient (Wildman–Crippen LogP) is 3.26. The molecule has 1 aromatic carbocycles. The van der Waals surface area contributed by atoms with Crippen molar-refractivity contribution >= 4 is 29.5 Å². The van der Waals surface area contributed by atoms with Gasteiger partial charge in [0, 0.05) is 11.1 Å². The van der Waals surface area contributed by atoms with Crippen molar-refractivity contribution in [3.8, 4) is 11.1 Å². The number of carbonyl (C=O) groups excluding carboxylic acids is 1. The van der Waals surface area contributed by atoms with Gasteiger partial charge in [0.25, 0.3) is 0 Å². The van der Waals surface area contributed by atoms with Crippen LogP contribution in [0.2, 0.25) is 10.3 Å². The first-order valence-electron chi connectivity index (χ1n) is 4.45. The first kappa shape index (κ1) is 11.0. The second-order valence-corrected chi connectivity index (χ2v) is 3.82. The van der Waals surface area contributed by atoms with Gasteiger partial charge in [-0.15, -0.1) is 10.2 Å². The van der Waals surface area contributed by atoms with Gasteiger partial charge in [0.15, 0.2) is 16.6 Å². The summed E-state index contributed by atoms with van der Waals surface area (Å²) in [7, 11) is 0. The summed E-state index contributed by atoms with van der Waals surface area (Å²) in [4.78, 5) is 10.9. The summed E-state index contributed by atoms with van der Waals surface area (Å²) in [6.45, 7) is 0. The summed E-state index contributed by atoms with van der Waals surface area (Å²) in [5.41, 5.74) is 1.83. The van der Waals surface area contributed by atoms with Gasteiger partial charge < -0.3 is 0 Å². The van der Waals surface area contributed by atoms with E-state index in [1.54, 1.807) is 24.3 Å². The van der Waals surface area contributed by atoms with Crippen LogP contribution < -0.4 is 0 Å². The van der Waals surface area contributed by atoms with Gasteiger partial charge in [-0.3, -0.25) is 4.79 Å². The van der Waals surface area contributed by atoms with Crippen molar-refractivity contribution in [2.24, 2.45) is 0 Å². The highest BCUT2D eigenvalue weighted by Crippen LogP contribution is 2.29. The SMILES string of the molecule is O=Cc1ccccc1-c1cc(Cl)nnc1Cl. The molecule has 0 atom stereocenters. The smallest absolute Gasteiger partial charge is 0.159 e.